The predicted molar refractivity (Wildman–Crippen MR) is 48.6 cm³/mol. The Balaban J connectivity index is 2.51. The van der Waals surface area contributed by atoms with Gasteiger partial charge in [-0.05, 0) is 12.3 Å². The second-order valence-corrected chi connectivity index (χ2v) is 3.85. The van der Waals surface area contributed by atoms with Gasteiger partial charge in [-0.2, -0.15) is 0 Å². The zero-order valence-corrected chi connectivity index (χ0v) is 8.21. The molecule has 1 aliphatic rings. The van der Waals surface area contributed by atoms with Gasteiger partial charge in [0.15, 0.2) is 0 Å². The van der Waals surface area contributed by atoms with Gasteiger partial charge < -0.3 is 25.2 Å². The standard InChI is InChI=1S/C9H18O5/c1-5-2-8(6(12)3-10)14-9(5)7(13)4-11/h5-13H,2-4H2,1H3. The summed E-state index contributed by atoms with van der Waals surface area (Å²) in [6.45, 7) is 1.18. The van der Waals surface area contributed by atoms with Gasteiger partial charge in [0.1, 0.15) is 12.2 Å². The molecule has 4 N–H and O–H groups in total. The van der Waals surface area contributed by atoms with Crippen molar-refractivity contribution in [3.05, 3.63) is 0 Å². The number of aliphatic hydroxyl groups excluding tert-OH is 4. The molecule has 1 saturated heterocycles. The Morgan fingerprint density at radius 2 is 1.79 bits per heavy atom. The summed E-state index contributed by atoms with van der Waals surface area (Å²) in [5, 5.41) is 36.2. The molecule has 1 aliphatic heterocycles. The second-order valence-electron chi connectivity index (χ2n) is 3.85. The smallest absolute Gasteiger partial charge is 0.103 e. The van der Waals surface area contributed by atoms with Crippen molar-refractivity contribution in [2.24, 2.45) is 5.92 Å². The van der Waals surface area contributed by atoms with Crippen molar-refractivity contribution in [3.8, 4) is 0 Å². The first-order chi connectivity index (χ1) is 6.60. The fourth-order valence-corrected chi connectivity index (χ4v) is 1.83. The lowest BCUT2D eigenvalue weighted by Crippen LogP contribution is -2.35. The topological polar surface area (TPSA) is 90.2 Å². The number of aliphatic hydroxyl groups is 4. The molecule has 1 rings (SSSR count). The van der Waals surface area contributed by atoms with Gasteiger partial charge in [-0.1, -0.05) is 6.92 Å². The van der Waals surface area contributed by atoms with E-state index in [4.69, 9.17) is 14.9 Å². The number of hydrogen-bond acceptors (Lipinski definition) is 5. The Hall–Kier alpha value is -0.200. The Bertz CT molecular complexity index is 175. The van der Waals surface area contributed by atoms with Crippen molar-refractivity contribution >= 4 is 0 Å². The maximum Gasteiger partial charge on any atom is 0.103 e. The first-order valence-corrected chi connectivity index (χ1v) is 4.83. The molecule has 5 atom stereocenters. The second kappa shape index (κ2) is 5.04. The van der Waals surface area contributed by atoms with Crippen molar-refractivity contribution in [2.45, 2.75) is 37.8 Å². The third-order valence-electron chi connectivity index (χ3n) is 2.68. The monoisotopic (exact) mass is 206 g/mol. The molecular formula is C9H18O5. The van der Waals surface area contributed by atoms with E-state index in [0.29, 0.717) is 6.42 Å². The van der Waals surface area contributed by atoms with Gasteiger partial charge in [-0.3, -0.25) is 0 Å². The Kier molecular flexibility index (Phi) is 4.28. The van der Waals surface area contributed by atoms with Crippen LogP contribution in [0.3, 0.4) is 0 Å². The van der Waals surface area contributed by atoms with E-state index in [1.54, 1.807) is 0 Å². The number of ether oxygens (including phenoxy) is 1. The third kappa shape index (κ3) is 2.43. The van der Waals surface area contributed by atoms with Crippen molar-refractivity contribution in [1.29, 1.82) is 0 Å². The summed E-state index contributed by atoms with van der Waals surface area (Å²) >= 11 is 0. The van der Waals surface area contributed by atoms with Crippen LogP contribution >= 0.6 is 0 Å². The molecular weight excluding hydrogens is 188 g/mol. The Labute approximate surface area is 82.9 Å². The highest BCUT2D eigenvalue weighted by atomic mass is 16.5. The average molecular weight is 206 g/mol. The highest BCUT2D eigenvalue weighted by Gasteiger charge is 2.39. The van der Waals surface area contributed by atoms with E-state index >= 15 is 0 Å². The highest BCUT2D eigenvalue weighted by molar-refractivity contribution is 4.87. The van der Waals surface area contributed by atoms with Crippen LogP contribution in [0.15, 0.2) is 0 Å². The van der Waals surface area contributed by atoms with Crippen LogP contribution in [-0.4, -0.2) is 58.1 Å². The van der Waals surface area contributed by atoms with Crippen LogP contribution in [0.4, 0.5) is 0 Å². The summed E-state index contributed by atoms with van der Waals surface area (Å²) < 4.78 is 5.36. The minimum atomic E-state index is -0.916. The highest BCUT2D eigenvalue weighted by Crippen LogP contribution is 2.29. The van der Waals surface area contributed by atoms with E-state index in [2.05, 4.69) is 0 Å². The van der Waals surface area contributed by atoms with Gasteiger partial charge in [0.05, 0.1) is 25.4 Å². The summed E-state index contributed by atoms with van der Waals surface area (Å²) in [5.74, 6) is 0.0725. The van der Waals surface area contributed by atoms with E-state index in [1.165, 1.54) is 0 Å². The van der Waals surface area contributed by atoms with Crippen molar-refractivity contribution in [2.75, 3.05) is 13.2 Å². The van der Waals surface area contributed by atoms with Gasteiger partial charge in [0, 0.05) is 0 Å². The van der Waals surface area contributed by atoms with E-state index in [1.807, 2.05) is 6.92 Å². The van der Waals surface area contributed by atoms with E-state index < -0.39 is 24.4 Å². The quantitative estimate of drug-likeness (QED) is 0.449. The molecule has 1 heterocycles. The molecule has 0 radical (unpaired) electrons. The SMILES string of the molecule is CC1CC(C(O)CO)OC1C(O)CO. The molecule has 0 spiro atoms. The molecule has 0 aromatic heterocycles. The van der Waals surface area contributed by atoms with Crippen LogP contribution in [0.25, 0.3) is 0 Å². The third-order valence-corrected chi connectivity index (χ3v) is 2.68. The molecule has 0 aliphatic carbocycles. The first-order valence-electron chi connectivity index (χ1n) is 4.83. The van der Waals surface area contributed by atoms with Crippen molar-refractivity contribution in [1.82, 2.24) is 0 Å². The van der Waals surface area contributed by atoms with Crippen LogP contribution in [0, 0.1) is 5.92 Å². The fourth-order valence-electron chi connectivity index (χ4n) is 1.83. The first kappa shape index (κ1) is 11.9. The zero-order chi connectivity index (χ0) is 10.7. The Morgan fingerprint density at radius 1 is 1.21 bits per heavy atom. The summed E-state index contributed by atoms with van der Waals surface area (Å²) in [4.78, 5) is 0. The van der Waals surface area contributed by atoms with Crippen LogP contribution in [0.1, 0.15) is 13.3 Å². The Morgan fingerprint density at radius 3 is 2.29 bits per heavy atom. The summed E-state index contributed by atoms with van der Waals surface area (Å²) in [6.07, 6.45) is -2.13. The van der Waals surface area contributed by atoms with Crippen molar-refractivity contribution in [3.63, 3.8) is 0 Å². The van der Waals surface area contributed by atoms with Crippen LogP contribution in [0.2, 0.25) is 0 Å². The van der Waals surface area contributed by atoms with Crippen molar-refractivity contribution < 1.29 is 25.2 Å². The van der Waals surface area contributed by atoms with Gasteiger partial charge in [-0.15, -0.1) is 0 Å². The number of hydrogen-bond donors (Lipinski definition) is 4. The lowest BCUT2D eigenvalue weighted by atomic mass is 9.97. The van der Waals surface area contributed by atoms with Crippen LogP contribution in [-0.2, 0) is 4.74 Å². The van der Waals surface area contributed by atoms with Gasteiger partial charge in [0.2, 0.25) is 0 Å². The minimum Gasteiger partial charge on any atom is -0.394 e. The fraction of sp³-hybridized carbons (Fsp3) is 1.00. The molecule has 84 valence electrons. The molecule has 0 amide bonds. The number of rotatable bonds is 4. The molecule has 0 saturated carbocycles. The lowest BCUT2D eigenvalue weighted by Gasteiger charge is -2.21. The van der Waals surface area contributed by atoms with Crippen LogP contribution < -0.4 is 0 Å². The average Bonchev–Trinajstić information content (AvgIpc) is 2.58. The van der Waals surface area contributed by atoms with Gasteiger partial charge in [0.25, 0.3) is 0 Å². The summed E-state index contributed by atoms with van der Waals surface area (Å²) in [5.41, 5.74) is 0. The lowest BCUT2D eigenvalue weighted by molar-refractivity contribution is -0.0998. The van der Waals surface area contributed by atoms with E-state index in [9.17, 15) is 10.2 Å². The molecule has 0 bridgehead atoms. The molecule has 5 heteroatoms. The normalized spacial score (nSPS) is 37.1. The maximum atomic E-state index is 9.38. The maximum absolute atomic E-state index is 9.38. The predicted octanol–water partition coefficient (Wildman–Crippen LogP) is -1.51. The zero-order valence-electron chi connectivity index (χ0n) is 8.21. The van der Waals surface area contributed by atoms with E-state index in [-0.39, 0.29) is 19.1 Å². The van der Waals surface area contributed by atoms with Gasteiger partial charge >= 0.3 is 0 Å². The summed E-state index contributed by atoms with van der Waals surface area (Å²) in [6, 6.07) is 0. The van der Waals surface area contributed by atoms with E-state index in [0.717, 1.165) is 0 Å². The minimum absolute atomic E-state index is 0.0725. The molecule has 1 fully saturated rings. The molecule has 5 nitrogen and oxygen atoms in total. The largest absolute Gasteiger partial charge is 0.394 e. The molecule has 14 heavy (non-hydrogen) atoms. The molecule has 5 unspecified atom stereocenters. The molecule has 0 aromatic carbocycles. The van der Waals surface area contributed by atoms with Gasteiger partial charge in [-0.25, -0.2) is 0 Å². The van der Waals surface area contributed by atoms with Crippen LogP contribution in [0.5, 0.6) is 0 Å². The molecule has 0 aromatic rings. The summed E-state index contributed by atoms with van der Waals surface area (Å²) in [7, 11) is 0.